The van der Waals surface area contributed by atoms with E-state index in [-0.39, 0.29) is 6.04 Å². The zero-order valence-electron chi connectivity index (χ0n) is 12.4. The molecule has 1 heterocycles. The fourth-order valence-corrected chi connectivity index (χ4v) is 2.38. The minimum Gasteiger partial charge on any atom is -0.329 e. The van der Waals surface area contributed by atoms with Gasteiger partial charge in [0.25, 0.3) is 0 Å². The second-order valence-corrected chi connectivity index (χ2v) is 5.94. The Balaban J connectivity index is 2.85. The van der Waals surface area contributed by atoms with Crippen molar-refractivity contribution >= 4 is 0 Å². The number of aromatic nitrogens is 2. The largest absolute Gasteiger partial charge is 0.329 e. The van der Waals surface area contributed by atoms with E-state index >= 15 is 0 Å². The molecule has 0 saturated carbocycles. The molecule has 4 nitrogen and oxygen atoms in total. The van der Waals surface area contributed by atoms with Gasteiger partial charge in [0.15, 0.2) is 0 Å². The van der Waals surface area contributed by atoms with Gasteiger partial charge in [0.05, 0.1) is 12.2 Å². The minimum atomic E-state index is 0.281. The lowest BCUT2D eigenvalue weighted by Gasteiger charge is -2.33. The fourth-order valence-electron chi connectivity index (χ4n) is 2.38. The van der Waals surface area contributed by atoms with Crippen LogP contribution in [-0.4, -0.2) is 34.3 Å². The van der Waals surface area contributed by atoms with Crippen LogP contribution < -0.4 is 5.73 Å². The summed E-state index contributed by atoms with van der Waals surface area (Å²) >= 11 is 0. The number of rotatable bonds is 7. The molecule has 104 valence electrons. The van der Waals surface area contributed by atoms with E-state index in [0.29, 0.717) is 18.4 Å². The molecule has 1 unspecified atom stereocenters. The number of hydrogen-bond donors (Lipinski definition) is 1. The van der Waals surface area contributed by atoms with Gasteiger partial charge in [0, 0.05) is 38.4 Å². The third-order valence-corrected chi connectivity index (χ3v) is 2.97. The predicted octanol–water partition coefficient (Wildman–Crippen LogP) is 2.03. The van der Waals surface area contributed by atoms with Gasteiger partial charge in [-0.2, -0.15) is 5.10 Å². The van der Waals surface area contributed by atoms with E-state index in [2.05, 4.69) is 43.9 Å². The summed E-state index contributed by atoms with van der Waals surface area (Å²) in [5, 5.41) is 4.26. The van der Waals surface area contributed by atoms with Crippen LogP contribution in [0.4, 0.5) is 0 Å². The Kier molecular flexibility index (Phi) is 5.82. The van der Waals surface area contributed by atoms with Crippen molar-refractivity contribution in [2.45, 2.75) is 33.7 Å². The van der Waals surface area contributed by atoms with Gasteiger partial charge >= 0.3 is 0 Å². The highest BCUT2D eigenvalue weighted by atomic mass is 15.3. The second kappa shape index (κ2) is 6.90. The zero-order valence-corrected chi connectivity index (χ0v) is 12.4. The van der Waals surface area contributed by atoms with Crippen LogP contribution in [0.2, 0.25) is 0 Å². The molecule has 1 rings (SSSR count). The van der Waals surface area contributed by atoms with Gasteiger partial charge in [0.2, 0.25) is 0 Å². The summed E-state index contributed by atoms with van der Waals surface area (Å²) in [5.41, 5.74) is 7.21. The smallest absolute Gasteiger partial charge is 0.0538 e. The molecule has 1 aromatic heterocycles. The number of hydrogen-bond acceptors (Lipinski definition) is 3. The molecule has 2 N–H and O–H groups in total. The monoisotopic (exact) mass is 252 g/mol. The topological polar surface area (TPSA) is 47.1 Å². The standard InChI is InChI=1S/C14H28N4/c1-11(2)8-18(9-12(3)4)14(6-15)13-7-16-17(5)10-13/h7,10-12,14H,6,8-9,15H2,1-5H3. The molecule has 0 aliphatic heterocycles. The van der Waals surface area contributed by atoms with E-state index in [1.54, 1.807) is 0 Å². The Hall–Kier alpha value is -0.870. The molecule has 0 aliphatic carbocycles. The molecule has 18 heavy (non-hydrogen) atoms. The molecule has 0 aromatic carbocycles. The maximum absolute atomic E-state index is 5.99. The summed E-state index contributed by atoms with van der Waals surface area (Å²) in [6, 6.07) is 0.281. The van der Waals surface area contributed by atoms with Crippen LogP contribution >= 0.6 is 0 Å². The Morgan fingerprint density at radius 3 is 2.11 bits per heavy atom. The number of nitrogens with two attached hydrogens (primary N) is 1. The van der Waals surface area contributed by atoms with E-state index in [1.165, 1.54) is 5.56 Å². The van der Waals surface area contributed by atoms with E-state index in [0.717, 1.165) is 13.1 Å². The first kappa shape index (κ1) is 15.2. The summed E-state index contributed by atoms with van der Waals surface area (Å²) < 4.78 is 1.85. The molecule has 1 atom stereocenters. The average Bonchev–Trinajstić information content (AvgIpc) is 2.64. The van der Waals surface area contributed by atoms with E-state index < -0.39 is 0 Å². The van der Waals surface area contributed by atoms with E-state index in [9.17, 15) is 0 Å². The number of aryl methyl sites for hydroxylation is 1. The van der Waals surface area contributed by atoms with Crippen LogP contribution in [0, 0.1) is 11.8 Å². The summed E-state index contributed by atoms with van der Waals surface area (Å²) in [6.45, 7) is 11.8. The molecule has 1 aromatic rings. The molecule has 0 aliphatic rings. The Morgan fingerprint density at radius 2 is 1.78 bits per heavy atom. The average molecular weight is 252 g/mol. The minimum absolute atomic E-state index is 0.281. The second-order valence-electron chi connectivity index (χ2n) is 5.94. The molecule has 0 saturated heterocycles. The van der Waals surface area contributed by atoms with Crippen molar-refractivity contribution in [2.24, 2.45) is 24.6 Å². The van der Waals surface area contributed by atoms with Crippen molar-refractivity contribution in [1.82, 2.24) is 14.7 Å². The molecule has 0 fully saturated rings. The van der Waals surface area contributed by atoms with Crippen LogP contribution in [0.1, 0.15) is 39.3 Å². The van der Waals surface area contributed by atoms with Gasteiger partial charge in [-0.3, -0.25) is 9.58 Å². The Labute approximate surface area is 111 Å². The van der Waals surface area contributed by atoms with E-state index in [4.69, 9.17) is 5.73 Å². The van der Waals surface area contributed by atoms with Crippen molar-refractivity contribution in [3.8, 4) is 0 Å². The van der Waals surface area contributed by atoms with Crippen molar-refractivity contribution in [3.63, 3.8) is 0 Å². The Bertz CT molecular complexity index is 333. The molecule has 0 amide bonds. The first-order valence-corrected chi connectivity index (χ1v) is 6.86. The molecular formula is C14H28N4. The van der Waals surface area contributed by atoms with E-state index in [1.807, 2.05) is 17.9 Å². The maximum atomic E-state index is 5.99. The lowest BCUT2D eigenvalue weighted by atomic mass is 10.0. The Morgan fingerprint density at radius 1 is 1.22 bits per heavy atom. The van der Waals surface area contributed by atoms with Gasteiger partial charge in [0.1, 0.15) is 0 Å². The number of nitrogens with zero attached hydrogens (tertiary/aromatic N) is 3. The predicted molar refractivity (Wildman–Crippen MR) is 76.3 cm³/mol. The molecule has 0 spiro atoms. The highest BCUT2D eigenvalue weighted by molar-refractivity contribution is 5.11. The lowest BCUT2D eigenvalue weighted by Crippen LogP contribution is -2.38. The fraction of sp³-hybridized carbons (Fsp3) is 0.786. The van der Waals surface area contributed by atoms with Crippen molar-refractivity contribution < 1.29 is 0 Å². The molecule has 4 heteroatoms. The highest BCUT2D eigenvalue weighted by Gasteiger charge is 2.21. The highest BCUT2D eigenvalue weighted by Crippen LogP contribution is 2.21. The van der Waals surface area contributed by atoms with Crippen molar-refractivity contribution in [2.75, 3.05) is 19.6 Å². The summed E-state index contributed by atoms with van der Waals surface area (Å²) in [4.78, 5) is 2.49. The van der Waals surface area contributed by atoms with Gasteiger partial charge in [-0.1, -0.05) is 27.7 Å². The first-order chi connectivity index (χ1) is 8.43. The third kappa shape index (κ3) is 4.42. The first-order valence-electron chi connectivity index (χ1n) is 6.86. The molecule has 0 bridgehead atoms. The third-order valence-electron chi connectivity index (χ3n) is 2.97. The van der Waals surface area contributed by atoms with Gasteiger partial charge < -0.3 is 5.73 Å². The van der Waals surface area contributed by atoms with Gasteiger partial charge in [-0.05, 0) is 11.8 Å². The van der Waals surface area contributed by atoms with Crippen LogP contribution in [0.3, 0.4) is 0 Å². The summed E-state index contributed by atoms with van der Waals surface area (Å²) in [5.74, 6) is 1.30. The van der Waals surface area contributed by atoms with Crippen LogP contribution in [0.25, 0.3) is 0 Å². The SMILES string of the molecule is CC(C)CN(CC(C)C)C(CN)c1cnn(C)c1. The summed E-state index contributed by atoms with van der Waals surface area (Å²) in [7, 11) is 1.95. The van der Waals surface area contributed by atoms with Crippen molar-refractivity contribution in [3.05, 3.63) is 18.0 Å². The molecule has 0 radical (unpaired) electrons. The van der Waals surface area contributed by atoms with Gasteiger partial charge in [-0.25, -0.2) is 0 Å². The zero-order chi connectivity index (χ0) is 13.7. The summed E-state index contributed by atoms with van der Waals surface area (Å²) in [6.07, 6.45) is 4.01. The normalized spacial score (nSPS) is 13.8. The lowest BCUT2D eigenvalue weighted by molar-refractivity contribution is 0.160. The van der Waals surface area contributed by atoms with Crippen molar-refractivity contribution in [1.29, 1.82) is 0 Å². The maximum Gasteiger partial charge on any atom is 0.0538 e. The molecular weight excluding hydrogens is 224 g/mol. The quantitative estimate of drug-likeness (QED) is 0.808. The van der Waals surface area contributed by atoms with Gasteiger partial charge in [-0.15, -0.1) is 0 Å². The van der Waals surface area contributed by atoms with Crippen LogP contribution in [0.5, 0.6) is 0 Å². The van der Waals surface area contributed by atoms with Crippen LogP contribution in [0.15, 0.2) is 12.4 Å². The van der Waals surface area contributed by atoms with Crippen LogP contribution in [-0.2, 0) is 7.05 Å².